The second-order valence-electron chi connectivity index (χ2n) is 17.5. The molecule has 1 aliphatic heterocycles. The number of ether oxygens (including phenoxy) is 4. The number of nitrogens with zero attached hydrogens (tertiary/aromatic N) is 4. The number of amides is 3. The van der Waals surface area contributed by atoms with Crippen LogP contribution >= 0.6 is 11.8 Å². The first kappa shape index (κ1) is 59.0. The number of aromatic amines is 1. The Hall–Kier alpha value is -5.59. The molecule has 0 bridgehead atoms. The van der Waals surface area contributed by atoms with E-state index in [2.05, 4.69) is 33.2 Å². The molecule has 3 aromatic rings. The molecule has 2 unspecified atom stereocenters. The molecular weight excluding hydrogens is 955 g/mol. The Morgan fingerprint density at radius 1 is 0.778 bits per heavy atom. The summed E-state index contributed by atoms with van der Waals surface area (Å²) in [5.74, 6) is -2.99. The Morgan fingerprint density at radius 3 is 2.11 bits per heavy atom. The average Bonchev–Trinajstić information content (AvgIpc) is 3.81. The van der Waals surface area contributed by atoms with Gasteiger partial charge in [0.15, 0.2) is 5.78 Å². The highest BCUT2D eigenvalue weighted by molar-refractivity contribution is 8.00. The van der Waals surface area contributed by atoms with Gasteiger partial charge in [-0.25, -0.2) is 9.97 Å². The zero-order valence-electron chi connectivity index (χ0n) is 41.5. The van der Waals surface area contributed by atoms with Gasteiger partial charge in [-0.2, -0.15) is 0 Å². The van der Waals surface area contributed by atoms with Gasteiger partial charge in [0.25, 0.3) is 0 Å². The van der Waals surface area contributed by atoms with Gasteiger partial charge in [-0.3, -0.25) is 38.4 Å². The number of nitrogens with one attached hydrogen (secondary N) is 2. The van der Waals surface area contributed by atoms with Gasteiger partial charge in [0.05, 0.1) is 82.4 Å². The van der Waals surface area contributed by atoms with Crippen molar-refractivity contribution in [2.45, 2.75) is 95.6 Å². The summed E-state index contributed by atoms with van der Waals surface area (Å²) in [6.07, 6.45) is 3.40. The molecule has 1 saturated heterocycles. The van der Waals surface area contributed by atoms with Crippen molar-refractivity contribution in [3.63, 3.8) is 0 Å². The third-order valence-electron chi connectivity index (χ3n) is 11.9. The number of pyridine rings is 1. The van der Waals surface area contributed by atoms with Crippen LogP contribution < -0.4 is 27.4 Å². The largest absolute Gasteiger partial charge is 0.481 e. The number of aryl methyl sites for hydroxylation is 1. The predicted octanol–water partition coefficient (Wildman–Crippen LogP) is 2.29. The highest BCUT2D eigenvalue weighted by Crippen LogP contribution is 2.31. The highest BCUT2D eigenvalue weighted by atomic mass is 32.2. The summed E-state index contributed by atoms with van der Waals surface area (Å²) < 4.78 is 21.9. The molecule has 0 spiro atoms. The van der Waals surface area contributed by atoms with Crippen molar-refractivity contribution in [3.8, 4) is 0 Å². The molecular formula is C49H73N9O13S. The summed E-state index contributed by atoms with van der Waals surface area (Å²) in [6.45, 7) is 6.36. The van der Waals surface area contributed by atoms with Crippen LogP contribution in [0.15, 0.2) is 18.2 Å². The maximum Gasteiger partial charge on any atom is 0.304 e. The number of nitrogen functional groups attached to an aromatic ring is 1. The van der Waals surface area contributed by atoms with Crippen LogP contribution in [0.25, 0.3) is 21.9 Å². The number of aliphatic carboxylic acids is 1. The van der Waals surface area contributed by atoms with Crippen molar-refractivity contribution in [1.29, 1.82) is 0 Å². The maximum absolute atomic E-state index is 13.2. The van der Waals surface area contributed by atoms with E-state index in [1.54, 1.807) is 4.90 Å². The molecule has 1 aromatic carbocycles. The summed E-state index contributed by atoms with van der Waals surface area (Å²) in [4.78, 5) is 115. The summed E-state index contributed by atoms with van der Waals surface area (Å²) in [7, 11) is 0. The number of carbonyl (C=O) groups excluding carboxylic acids is 7. The number of imidazole rings is 1. The van der Waals surface area contributed by atoms with Crippen LogP contribution in [-0.4, -0.2) is 175 Å². The molecule has 72 heavy (non-hydrogen) atoms. The van der Waals surface area contributed by atoms with E-state index in [1.807, 2.05) is 12.1 Å². The summed E-state index contributed by atoms with van der Waals surface area (Å²) in [6, 6.07) is 6.00. The van der Waals surface area contributed by atoms with E-state index in [1.165, 1.54) is 0 Å². The van der Waals surface area contributed by atoms with Gasteiger partial charge < -0.3 is 61.4 Å². The van der Waals surface area contributed by atoms with Gasteiger partial charge in [-0.1, -0.05) is 13.3 Å². The monoisotopic (exact) mass is 1030 g/mol. The number of anilines is 2. The van der Waals surface area contributed by atoms with Crippen molar-refractivity contribution in [3.05, 3.63) is 24.0 Å². The Bertz CT molecular complexity index is 2270. The van der Waals surface area contributed by atoms with E-state index in [-0.39, 0.29) is 125 Å². The van der Waals surface area contributed by atoms with E-state index in [0.717, 1.165) is 64.5 Å². The molecule has 9 N–H and O–H groups in total. The minimum absolute atomic E-state index is 0.00419. The summed E-state index contributed by atoms with van der Waals surface area (Å²) in [5, 5.41) is 12.0. The lowest BCUT2D eigenvalue weighted by Crippen LogP contribution is -2.48. The first-order valence-corrected chi connectivity index (χ1v) is 25.8. The number of rotatable bonds is 39. The summed E-state index contributed by atoms with van der Waals surface area (Å²) >= 11 is 0.985. The van der Waals surface area contributed by atoms with Crippen LogP contribution in [0.3, 0.4) is 0 Å². The lowest BCUT2D eigenvalue weighted by atomic mass is 10.0. The average molecular weight is 1030 g/mol. The van der Waals surface area contributed by atoms with Gasteiger partial charge >= 0.3 is 5.97 Å². The number of ketones is 4. The standard InChI is InChI=1S/C49H73N9O13S/c1-2-3-8-42-55-46-38-28-34(10-12-39(38)54-48(51)47(46)56-42)57-15-17-58(18-16-57)44(64)9-4-7-40(62)41(29-45(65)66)72-32-33(49(52)67)27-35(59)14-20-69-22-24-71-26-25-70-23-21-68-19-5-6-37(61)31-53-43(63)13-11-36(60)30-50/h10,12,28,33,41H,2-9,11,13-27,29-32,50H2,1H3,(H2,51,54)(H2,52,67)(H,53,63)(H,55,56)(H,65,66). The highest BCUT2D eigenvalue weighted by Gasteiger charge is 2.28. The van der Waals surface area contributed by atoms with E-state index in [4.69, 9.17) is 41.1 Å². The van der Waals surface area contributed by atoms with E-state index in [9.17, 15) is 43.5 Å². The molecule has 2 atom stereocenters. The van der Waals surface area contributed by atoms with Crippen LogP contribution in [0.2, 0.25) is 0 Å². The van der Waals surface area contributed by atoms with Crippen molar-refractivity contribution < 1.29 is 62.4 Å². The second kappa shape index (κ2) is 32.5. The summed E-state index contributed by atoms with van der Waals surface area (Å²) in [5.41, 5.74) is 20.3. The topological polar surface area (TPSA) is 332 Å². The number of H-pyrrole nitrogens is 1. The fourth-order valence-electron chi connectivity index (χ4n) is 7.73. The normalized spacial score (nSPS) is 13.6. The SMILES string of the molecule is CCCCc1nc2c([nH]1)c(N)nc1ccc(N3CCN(C(=O)CCCC(=O)C(CC(=O)O)SCC(CC(=O)CCOCCOCCOCCOCCCC(=O)CNC(=O)CCC(=O)CN)C(N)=O)CC3)cc12. The van der Waals surface area contributed by atoms with Gasteiger partial charge in [0.2, 0.25) is 17.7 Å². The Labute approximate surface area is 423 Å². The Morgan fingerprint density at radius 2 is 1.46 bits per heavy atom. The number of carboxylic acids is 1. The molecule has 4 rings (SSSR count). The molecule has 3 heterocycles. The first-order valence-electron chi connectivity index (χ1n) is 24.8. The molecule has 23 heteroatoms. The quantitative estimate of drug-likeness (QED) is 0.0447. The van der Waals surface area contributed by atoms with Crippen LogP contribution in [0.4, 0.5) is 11.5 Å². The number of primary amides is 1. The number of nitrogens with two attached hydrogens (primary N) is 3. The van der Waals surface area contributed by atoms with Crippen LogP contribution in [0, 0.1) is 5.92 Å². The molecule has 398 valence electrons. The van der Waals surface area contributed by atoms with E-state index in [0.29, 0.717) is 71.5 Å². The lowest BCUT2D eigenvalue weighted by Gasteiger charge is -2.36. The molecule has 22 nitrogen and oxygen atoms in total. The van der Waals surface area contributed by atoms with E-state index < -0.39 is 29.5 Å². The van der Waals surface area contributed by atoms with Crippen LogP contribution in [0.1, 0.15) is 89.8 Å². The lowest BCUT2D eigenvalue weighted by molar-refractivity contribution is -0.138. The fraction of sp³-hybridized carbons (Fsp3) is 0.633. The van der Waals surface area contributed by atoms with E-state index >= 15 is 0 Å². The minimum atomic E-state index is -1.19. The number of aromatic nitrogens is 3. The number of carbonyl (C=O) groups is 8. The molecule has 0 radical (unpaired) electrons. The van der Waals surface area contributed by atoms with Gasteiger partial charge in [0.1, 0.15) is 40.0 Å². The number of fused-ring (bicyclic) bond motifs is 3. The zero-order valence-corrected chi connectivity index (χ0v) is 42.3. The Kier molecular flexibility index (Phi) is 26.6. The molecule has 3 amide bonds. The first-order chi connectivity index (χ1) is 34.7. The number of benzene rings is 1. The van der Waals surface area contributed by atoms with Gasteiger partial charge in [-0.15, -0.1) is 11.8 Å². The number of hydrogen-bond acceptors (Lipinski definition) is 18. The number of carboxylic acid groups (broad SMARTS) is 1. The maximum atomic E-state index is 13.2. The zero-order chi connectivity index (χ0) is 52.3. The third kappa shape index (κ3) is 21.2. The van der Waals surface area contributed by atoms with Gasteiger partial charge in [0, 0.05) is 101 Å². The molecule has 0 saturated carbocycles. The van der Waals surface area contributed by atoms with Crippen molar-refractivity contribution in [1.82, 2.24) is 25.2 Å². The van der Waals surface area contributed by atoms with Crippen molar-refractivity contribution in [2.75, 3.05) is 109 Å². The number of thioether (sulfide) groups is 1. The Balaban J connectivity index is 1.04. The molecule has 2 aromatic heterocycles. The number of Topliss-reactive ketones (excluding diaryl/α,β-unsaturated/α-hetero) is 4. The third-order valence-corrected chi connectivity index (χ3v) is 13.3. The fourth-order valence-corrected chi connectivity index (χ4v) is 9.04. The van der Waals surface area contributed by atoms with Crippen LogP contribution in [-0.2, 0) is 63.7 Å². The number of piperazine rings is 1. The number of hydrogen-bond donors (Lipinski definition) is 6. The predicted molar refractivity (Wildman–Crippen MR) is 271 cm³/mol. The number of unbranched alkanes of at least 4 members (excludes halogenated alkanes) is 1. The van der Waals surface area contributed by atoms with Crippen molar-refractivity contribution in [2.24, 2.45) is 17.4 Å². The van der Waals surface area contributed by atoms with Crippen molar-refractivity contribution >= 4 is 92.0 Å². The van der Waals surface area contributed by atoms with Gasteiger partial charge in [-0.05, 0) is 37.5 Å². The smallest absolute Gasteiger partial charge is 0.304 e. The van der Waals surface area contributed by atoms with Crippen LogP contribution in [0.5, 0.6) is 0 Å². The second-order valence-corrected chi connectivity index (χ2v) is 18.8. The molecule has 0 aliphatic carbocycles. The minimum Gasteiger partial charge on any atom is -0.481 e. The molecule has 1 fully saturated rings. The molecule has 1 aliphatic rings.